The Balaban J connectivity index is 2.15. The summed E-state index contributed by atoms with van der Waals surface area (Å²) in [6.45, 7) is 1.27. The van der Waals surface area contributed by atoms with E-state index in [1.165, 1.54) is 23.0 Å². The van der Waals surface area contributed by atoms with Gasteiger partial charge in [0.05, 0.1) is 0 Å². The molecule has 0 saturated heterocycles. The standard InChI is InChI=1S/C17H16O4Se/c1-12(18)21-16(17(19)20-2)13-8-10-15(11-9-13)22-14-6-4-3-5-7-14/h3-11,16H,1-2H3. The van der Waals surface area contributed by atoms with Crippen LogP contribution >= 0.6 is 0 Å². The van der Waals surface area contributed by atoms with Crippen molar-refractivity contribution < 1.29 is 19.1 Å². The monoisotopic (exact) mass is 364 g/mol. The molecule has 2 rings (SSSR count). The summed E-state index contributed by atoms with van der Waals surface area (Å²) in [5.41, 5.74) is 0.606. The van der Waals surface area contributed by atoms with Crippen LogP contribution in [0.25, 0.3) is 0 Å². The number of methoxy groups -OCH3 is 1. The Hall–Kier alpha value is -2.10. The van der Waals surface area contributed by atoms with E-state index in [4.69, 9.17) is 4.74 Å². The van der Waals surface area contributed by atoms with E-state index in [0.29, 0.717) is 5.56 Å². The molecule has 0 amide bonds. The number of ether oxygens (including phenoxy) is 2. The molecule has 0 bridgehead atoms. The summed E-state index contributed by atoms with van der Waals surface area (Å²) in [7, 11) is 1.27. The van der Waals surface area contributed by atoms with E-state index >= 15 is 0 Å². The first-order chi connectivity index (χ1) is 10.6. The molecule has 2 aromatic carbocycles. The number of carbonyl (C=O) groups excluding carboxylic acids is 2. The van der Waals surface area contributed by atoms with E-state index in [2.05, 4.69) is 16.9 Å². The van der Waals surface area contributed by atoms with Crippen molar-refractivity contribution in [3.05, 3.63) is 60.2 Å². The van der Waals surface area contributed by atoms with Crippen LogP contribution in [0, 0.1) is 0 Å². The van der Waals surface area contributed by atoms with Crippen molar-refractivity contribution >= 4 is 35.8 Å². The second kappa shape index (κ2) is 7.78. The zero-order chi connectivity index (χ0) is 15.9. The minimum absolute atomic E-state index is 0.196. The number of hydrogen-bond donors (Lipinski definition) is 0. The molecule has 4 nitrogen and oxygen atoms in total. The van der Waals surface area contributed by atoms with Crippen molar-refractivity contribution in [2.45, 2.75) is 13.0 Å². The van der Waals surface area contributed by atoms with E-state index in [0.717, 1.165) is 0 Å². The molecular formula is C17H16O4Se. The van der Waals surface area contributed by atoms with Crippen LogP contribution in [-0.2, 0) is 19.1 Å². The van der Waals surface area contributed by atoms with Crippen LogP contribution in [0.5, 0.6) is 0 Å². The Kier molecular flexibility index (Phi) is 5.75. The minimum atomic E-state index is -1.01. The van der Waals surface area contributed by atoms with Crippen LogP contribution in [0.1, 0.15) is 18.6 Å². The third-order valence-electron chi connectivity index (χ3n) is 2.86. The van der Waals surface area contributed by atoms with Gasteiger partial charge < -0.3 is 0 Å². The van der Waals surface area contributed by atoms with Gasteiger partial charge in [0, 0.05) is 0 Å². The first kappa shape index (κ1) is 16.3. The van der Waals surface area contributed by atoms with Crippen molar-refractivity contribution in [1.82, 2.24) is 0 Å². The van der Waals surface area contributed by atoms with Crippen LogP contribution in [0.3, 0.4) is 0 Å². The number of carbonyl (C=O) groups is 2. The van der Waals surface area contributed by atoms with Crippen LogP contribution in [-0.4, -0.2) is 34.0 Å². The van der Waals surface area contributed by atoms with Gasteiger partial charge in [-0.25, -0.2) is 0 Å². The summed E-state index contributed by atoms with van der Waals surface area (Å²) in [6, 6.07) is 17.7. The average Bonchev–Trinajstić information content (AvgIpc) is 2.53. The van der Waals surface area contributed by atoms with Gasteiger partial charge in [-0.15, -0.1) is 0 Å². The third kappa shape index (κ3) is 4.45. The summed E-state index contributed by atoms with van der Waals surface area (Å²) in [5.74, 6) is -1.11. The Morgan fingerprint density at radius 2 is 1.55 bits per heavy atom. The first-order valence-corrected chi connectivity index (χ1v) is 8.39. The van der Waals surface area contributed by atoms with Gasteiger partial charge in [0.15, 0.2) is 0 Å². The second-order valence-electron chi connectivity index (χ2n) is 4.50. The van der Waals surface area contributed by atoms with E-state index in [1.807, 2.05) is 30.3 Å². The molecule has 0 aliphatic rings. The molecular weight excluding hydrogens is 347 g/mol. The number of benzene rings is 2. The van der Waals surface area contributed by atoms with Crippen molar-refractivity contribution in [3.63, 3.8) is 0 Å². The van der Waals surface area contributed by atoms with Crippen molar-refractivity contribution in [2.75, 3.05) is 7.11 Å². The molecule has 0 aliphatic heterocycles. The molecule has 22 heavy (non-hydrogen) atoms. The fourth-order valence-corrected chi connectivity index (χ4v) is 3.62. The Bertz CT molecular complexity index is 637. The molecule has 114 valence electrons. The van der Waals surface area contributed by atoms with Gasteiger partial charge in [-0.05, 0) is 0 Å². The van der Waals surface area contributed by atoms with Crippen LogP contribution in [0.4, 0.5) is 0 Å². The van der Waals surface area contributed by atoms with Gasteiger partial charge in [-0.3, -0.25) is 0 Å². The van der Waals surface area contributed by atoms with Gasteiger partial charge in [-0.1, -0.05) is 0 Å². The Morgan fingerprint density at radius 3 is 2.09 bits per heavy atom. The van der Waals surface area contributed by atoms with Gasteiger partial charge in [-0.2, -0.15) is 0 Å². The molecule has 1 atom stereocenters. The predicted octanol–water partition coefficient (Wildman–Crippen LogP) is 1.12. The molecule has 0 heterocycles. The molecule has 0 fully saturated rings. The third-order valence-corrected chi connectivity index (χ3v) is 4.99. The molecule has 2 aromatic rings. The van der Waals surface area contributed by atoms with Gasteiger partial charge >= 0.3 is 135 Å². The Labute approximate surface area is 135 Å². The van der Waals surface area contributed by atoms with E-state index in [-0.39, 0.29) is 15.0 Å². The predicted molar refractivity (Wildman–Crippen MR) is 84.4 cm³/mol. The molecule has 0 aromatic heterocycles. The van der Waals surface area contributed by atoms with Crippen molar-refractivity contribution in [1.29, 1.82) is 0 Å². The molecule has 5 heteroatoms. The zero-order valence-corrected chi connectivity index (χ0v) is 14.0. The number of hydrogen-bond acceptors (Lipinski definition) is 4. The summed E-state index contributed by atoms with van der Waals surface area (Å²) in [4.78, 5) is 22.9. The summed E-state index contributed by atoms with van der Waals surface area (Å²) in [6.07, 6.45) is -1.01. The number of rotatable bonds is 5. The molecule has 0 radical (unpaired) electrons. The fraction of sp³-hybridized carbons (Fsp3) is 0.176. The maximum absolute atomic E-state index is 11.7. The second-order valence-corrected chi connectivity index (χ2v) is 6.90. The summed E-state index contributed by atoms with van der Waals surface area (Å²) in [5, 5.41) is 0. The normalized spacial score (nSPS) is 11.5. The van der Waals surface area contributed by atoms with Crippen molar-refractivity contribution in [3.8, 4) is 0 Å². The topological polar surface area (TPSA) is 52.6 Å². The molecule has 0 aliphatic carbocycles. The van der Waals surface area contributed by atoms with Gasteiger partial charge in [0.2, 0.25) is 0 Å². The quantitative estimate of drug-likeness (QED) is 0.590. The van der Waals surface area contributed by atoms with Crippen molar-refractivity contribution in [2.24, 2.45) is 0 Å². The Morgan fingerprint density at radius 1 is 0.955 bits per heavy atom. The van der Waals surface area contributed by atoms with Crippen LogP contribution < -0.4 is 8.92 Å². The zero-order valence-electron chi connectivity index (χ0n) is 12.3. The first-order valence-electron chi connectivity index (χ1n) is 6.68. The molecule has 1 unspecified atom stereocenters. The van der Waals surface area contributed by atoms with E-state index in [1.54, 1.807) is 12.1 Å². The van der Waals surface area contributed by atoms with Crippen LogP contribution in [0.15, 0.2) is 54.6 Å². The summed E-state index contributed by atoms with van der Waals surface area (Å²) >= 11 is 0.196. The fourth-order valence-electron chi connectivity index (χ4n) is 1.86. The van der Waals surface area contributed by atoms with Crippen LogP contribution in [0.2, 0.25) is 0 Å². The molecule has 0 spiro atoms. The van der Waals surface area contributed by atoms with E-state index in [9.17, 15) is 9.59 Å². The molecule has 0 N–H and O–H groups in total. The SMILES string of the molecule is COC(=O)C(OC(C)=O)c1ccc([Se]c2ccccc2)cc1. The average molecular weight is 363 g/mol. The van der Waals surface area contributed by atoms with Gasteiger partial charge in [0.25, 0.3) is 0 Å². The molecule has 0 saturated carbocycles. The summed E-state index contributed by atoms with van der Waals surface area (Å²) < 4.78 is 12.2. The van der Waals surface area contributed by atoms with E-state index < -0.39 is 18.0 Å². The maximum atomic E-state index is 11.7. The van der Waals surface area contributed by atoms with Gasteiger partial charge in [0.1, 0.15) is 0 Å². The number of esters is 2.